The maximum absolute atomic E-state index is 9.94. The number of aliphatic hydroxyl groups is 1. The summed E-state index contributed by atoms with van der Waals surface area (Å²) >= 11 is 0. The number of methoxy groups -OCH3 is 2. The Morgan fingerprint density at radius 2 is 1.64 bits per heavy atom. The second-order valence-electron chi connectivity index (χ2n) is 8.22. The summed E-state index contributed by atoms with van der Waals surface area (Å²) in [7, 11) is 1.32. The Morgan fingerprint density at radius 3 is 2.08 bits per heavy atom. The summed E-state index contributed by atoms with van der Waals surface area (Å²) < 4.78 is 17.2. The summed E-state index contributed by atoms with van der Waals surface area (Å²) in [5, 5.41) is 10.1. The van der Waals surface area contributed by atoms with Gasteiger partial charge in [0.25, 0.3) is 0 Å². The fourth-order valence-corrected chi connectivity index (χ4v) is 2.82. The van der Waals surface area contributed by atoms with Crippen molar-refractivity contribution in [1.82, 2.24) is 0 Å². The van der Waals surface area contributed by atoms with E-state index in [1.807, 2.05) is 6.07 Å². The van der Waals surface area contributed by atoms with Gasteiger partial charge in [0.05, 0.1) is 26.4 Å². The molecule has 1 aromatic carbocycles. The Labute approximate surface area is 153 Å². The molecule has 0 aromatic heterocycles. The molecular weight excluding hydrogens is 332 g/mol. The summed E-state index contributed by atoms with van der Waals surface area (Å²) in [5.41, 5.74) is 0.546. The fourth-order valence-electron chi connectivity index (χ4n) is 1.87. The monoisotopic (exact) mass is 364 g/mol. The van der Waals surface area contributed by atoms with Crippen molar-refractivity contribution in [2.24, 2.45) is 0 Å². The molecule has 1 N–H and O–H groups in total. The molecule has 0 fully saturated rings. The van der Waals surface area contributed by atoms with Crippen molar-refractivity contribution < 1.29 is 19.0 Å². The molecule has 1 rings (SSSR count). The Hall–Kier alpha value is -1.48. The smallest absolute Gasteiger partial charge is 0.192 e. The van der Waals surface area contributed by atoms with E-state index in [0.29, 0.717) is 18.1 Å². The quantitative estimate of drug-likeness (QED) is 0.623. The molecule has 0 spiro atoms. The maximum Gasteiger partial charge on any atom is 0.192 e. The van der Waals surface area contributed by atoms with Gasteiger partial charge in [-0.25, -0.2) is 0 Å². The Balaban J connectivity index is 3.33. The third kappa shape index (κ3) is 6.07. The lowest BCUT2D eigenvalue weighted by atomic mass is 10.0. The molecule has 0 aliphatic rings. The van der Waals surface area contributed by atoms with Crippen molar-refractivity contribution in [1.29, 1.82) is 0 Å². The van der Waals surface area contributed by atoms with Crippen molar-refractivity contribution >= 4 is 8.32 Å². The van der Waals surface area contributed by atoms with Crippen LogP contribution < -0.4 is 9.47 Å². The van der Waals surface area contributed by atoms with E-state index in [-0.39, 0.29) is 5.04 Å². The van der Waals surface area contributed by atoms with Crippen molar-refractivity contribution in [2.75, 3.05) is 14.2 Å². The van der Waals surface area contributed by atoms with Gasteiger partial charge in [-0.3, -0.25) is 0 Å². The van der Waals surface area contributed by atoms with Crippen LogP contribution in [0.3, 0.4) is 0 Å². The summed E-state index contributed by atoms with van der Waals surface area (Å²) in [4.78, 5) is 0. The van der Waals surface area contributed by atoms with Crippen LogP contribution in [0.25, 0.3) is 0 Å². The van der Waals surface area contributed by atoms with E-state index in [0.717, 1.165) is 11.1 Å². The molecule has 25 heavy (non-hydrogen) atoms. The van der Waals surface area contributed by atoms with Crippen LogP contribution in [-0.2, 0) is 11.0 Å². The van der Waals surface area contributed by atoms with Crippen molar-refractivity contribution in [2.45, 2.75) is 65.0 Å². The molecule has 0 aliphatic carbocycles. The summed E-state index contributed by atoms with van der Waals surface area (Å²) in [6.45, 7) is 14.8. The van der Waals surface area contributed by atoms with Crippen LogP contribution >= 0.6 is 0 Å². The van der Waals surface area contributed by atoms with Crippen LogP contribution in [0.1, 0.15) is 45.7 Å². The molecule has 1 aromatic rings. The van der Waals surface area contributed by atoms with Gasteiger partial charge in [0.1, 0.15) is 17.1 Å². The molecule has 0 aliphatic heterocycles. The second kappa shape index (κ2) is 7.82. The molecule has 4 nitrogen and oxygen atoms in total. The molecule has 0 radical (unpaired) electrons. The van der Waals surface area contributed by atoms with Crippen LogP contribution in [0.2, 0.25) is 18.1 Å². The van der Waals surface area contributed by atoms with Gasteiger partial charge in [0.2, 0.25) is 0 Å². The van der Waals surface area contributed by atoms with Gasteiger partial charge in [-0.2, -0.15) is 0 Å². The normalized spacial score (nSPS) is 12.4. The Bertz CT molecular complexity index is 655. The molecular formula is C20H32O4Si. The number of hydrogen-bond acceptors (Lipinski definition) is 4. The number of ether oxygens (including phenoxy) is 2. The minimum Gasteiger partial charge on any atom is -0.497 e. The minimum atomic E-state index is -1.90. The maximum atomic E-state index is 9.94. The van der Waals surface area contributed by atoms with E-state index in [4.69, 9.17) is 13.9 Å². The van der Waals surface area contributed by atoms with Gasteiger partial charge in [0, 0.05) is 6.07 Å². The van der Waals surface area contributed by atoms with E-state index >= 15 is 0 Å². The number of benzene rings is 1. The first-order chi connectivity index (χ1) is 11.3. The third-order valence-electron chi connectivity index (χ3n) is 4.50. The van der Waals surface area contributed by atoms with Crippen LogP contribution in [0.4, 0.5) is 0 Å². The number of hydrogen-bond donors (Lipinski definition) is 1. The van der Waals surface area contributed by atoms with Crippen LogP contribution in [0.15, 0.2) is 12.1 Å². The van der Waals surface area contributed by atoms with Crippen LogP contribution in [-0.4, -0.2) is 33.2 Å². The molecule has 0 unspecified atom stereocenters. The van der Waals surface area contributed by atoms with Crippen LogP contribution in [0, 0.1) is 11.8 Å². The van der Waals surface area contributed by atoms with E-state index in [1.165, 1.54) is 0 Å². The fraction of sp³-hybridized carbons (Fsp3) is 0.600. The summed E-state index contributed by atoms with van der Waals surface area (Å²) in [6, 6.07) is 3.72. The molecule has 0 amide bonds. The summed E-state index contributed by atoms with van der Waals surface area (Å²) in [5.74, 6) is 7.22. The first-order valence-corrected chi connectivity index (χ1v) is 11.4. The Kier molecular flexibility index (Phi) is 6.74. The SMILES string of the molecule is COc1cc(CO[Si](C)(C)C(C)(C)C)c(C#CC(C)(C)O)c(OC)c1. The van der Waals surface area contributed by atoms with E-state index in [9.17, 15) is 5.11 Å². The van der Waals surface area contributed by atoms with E-state index in [2.05, 4.69) is 45.7 Å². The van der Waals surface area contributed by atoms with Crippen LogP contribution in [0.5, 0.6) is 11.5 Å². The lowest BCUT2D eigenvalue weighted by molar-refractivity contribution is 0.143. The minimum absolute atomic E-state index is 0.120. The van der Waals surface area contributed by atoms with Crippen molar-refractivity contribution in [3.05, 3.63) is 23.3 Å². The predicted molar refractivity (Wildman–Crippen MR) is 105 cm³/mol. The highest BCUT2D eigenvalue weighted by atomic mass is 28.4. The van der Waals surface area contributed by atoms with E-state index < -0.39 is 13.9 Å². The first kappa shape index (κ1) is 21.6. The highest BCUT2D eigenvalue weighted by molar-refractivity contribution is 6.74. The Morgan fingerprint density at radius 1 is 1.04 bits per heavy atom. The highest BCUT2D eigenvalue weighted by Crippen LogP contribution is 2.38. The summed E-state index contributed by atoms with van der Waals surface area (Å²) in [6.07, 6.45) is 0. The second-order valence-corrected chi connectivity index (χ2v) is 13.0. The zero-order valence-corrected chi connectivity index (χ0v) is 18.0. The highest BCUT2D eigenvalue weighted by Gasteiger charge is 2.37. The number of rotatable bonds is 5. The van der Waals surface area contributed by atoms with Crippen molar-refractivity contribution in [3.63, 3.8) is 0 Å². The lowest BCUT2D eigenvalue weighted by Crippen LogP contribution is -2.40. The first-order valence-electron chi connectivity index (χ1n) is 8.45. The van der Waals surface area contributed by atoms with Gasteiger partial charge in [-0.05, 0) is 43.6 Å². The van der Waals surface area contributed by atoms with E-state index in [1.54, 1.807) is 34.1 Å². The standard InChI is InChI=1S/C20H32O4Si/c1-19(2,3)25(8,9)24-14-15-12-16(22-6)13-18(23-7)17(15)10-11-20(4,5)21/h12-13,21H,14H2,1-9H3. The third-order valence-corrected chi connectivity index (χ3v) is 8.98. The molecule has 0 saturated carbocycles. The lowest BCUT2D eigenvalue weighted by Gasteiger charge is -2.36. The molecule has 0 saturated heterocycles. The van der Waals surface area contributed by atoms with Gasteiger partial charge in [-0.15, -0.1) is 0 Å². The molecule has 5 heteroatoms. The molecule has 140 valence electrons. The molecule has 0 heterocycles. The zero-order chi connectivity index (χ0) is 19.5. The topological polar surface area (TPSA) is 47.9 Å². The van der Waals surface area contributed by atoms with Gasteiger partial charge in [0.15, 0.2) is 8.32 Å². The average Bonchev–Trinajstić information content (AvgIpc) is 2.48. The predicted octanol–water partition coefficient (Wildman–Crippen LogP) is 4.35. The zero-order valence-electron chi connectivity index (χ0n) is 17.0. The largest absolute Gasteiger partial charge is 0.497 e. The van der Waals surface area contributed by atoms with Gasteiger partial charge < -0.3 is 19.0 Å². The van der Waals surface area contributed by atoms with Gasteiger partial charge in [-0.1, -0.05) is 32.6 Å². The molecule has 0 bridgehead atoms. The average molecular weight is 365 g/mol. The molecule has 0 atom stereocenters. The van der Waals surface area contributed by atoms with Crippen molar-refractivity contribution in [3.8, 4) is 23.3 Å². The van der Waals surface area contributed by atoms with Gasteiger partial charge >= 0.3 is 0 Å².